The van der Waals surface area contributed by atoms with Crippen LogP contribution in [0.3, 0.4) is 0 Å². The van der Waals surface area contributed by atoms with Crippen molar-refractivity contribution in [1.29, 1.82) is 0 Å². The highest BCUT2D eigenvalue weighted by Crippen LogP contribution is 2.32. The molecule has 174 valence electrons. The Morgan fingerprint density at radius 3 is 2.64 bits per heavy atom. The fourth-order valence-corrected chi connectivity index (χ4v) is 3.79. The summed E-state index contributed by atoms with van der Waals surface area (Å²) in [6.45, 7) is 0.378. The smallest absolute Gasteiger partial charge is 0.279 e. The van der Waals surface area contributed by atoms with Crippen molar-refractivity contribution in [1.82, 2.24) is 20.0 Å². The van der Waals surface area contributed by atoms with Gasteiger partial charge in [0.15, 0.2) is 29.0 Å². The van der Waals surface area contributed by atoms with Crippen molar-refractivity contribution < 1.29 is 31.3 Å². The lowest BCUT2D eigenvalue weighted by Crippen LogP contribution is -2.36. The average Bonchev–Trinajstić information content (AvgIpc) is 3.41. The van der Waals surface area contributed by atoms with Crippen LogP contribution in [0.5, 0.6) is 0 Å². The second kappa shape index (κ2) is 9.22. The van der Waals surface area contributed by atoms with Gasteiger partial charge in [0, 0.05) is 31.1 Å². The zero-order valence-electron chi connectivity index (χ0n) is 17.1. The molecule has 1 amide bonds. The normalized spacial score (nSPS) is 16.9. The van der Waals surface area contributed by atoms with Gasteiger partial charge in [0.05, 0.1) is 12.2 Å². The number of nitrogens with two attached hydrogens (primary N) is 1. The Kier molecular flexibility index (Phi) is 6.36. The van der Waals surface area contributed by atoms with E-state index in [0.29, 0.717) is 31.5 Å². The van der Waals surface area contributed by atoms with E-state index in [1.165, 1.54) is 4.90 Å². The number of aromatic nitrogens is 3. The number of likely N-dealkylation sites (tertiary alicyclic amines) is 1. The highest BCUT2D eigenvalue weighted by Gasteiger charge is 2.34. The Labute approximate surface area is 184 Å². The van der Waals surface area contributed by atoms with Crippen molar-refractivity contribution in [2.75, 3.05) is 6.54 Å². The Balaban J connectivity index is 1.44. The molecule has 1 aromatic carbocycles. The Hall–Kier alpha value is -3.41. The van der Waals surface area contributed by atoms with Crippen molar-refractivity contribution in [3.8, 4) is 11.6 Å². The molecular weight excluding hydrogens is 449 g/mol. The predicted molar refractivity (Wildman–Crippen MR) is 104 cm³/mol. The third-order valence-electron chi connectivity index (χ3n) is 5.33. The molecule has 12 heteroatoms. The minimum Gasteiger partial charge on any atom is -0.332 e. The van der Waals surface area contributed by atoms with E-state index in [-0.39, 0.29) is 41.7 Å². The van der Waals surface area contributed by atoms with E-state index in [4.69, 9.17) is 10.3 Å². The SMILES string of the molecule is NC(CC(=O)N1CCC[C@H]1c1noc(-c2ncc(F)cc2F)n1)Cc1cc(F)c(F)cc1F. The number of benzene rings is 1. The minimum absolute atomic E-state index is 0.126. The van der Waals surface area contributed by atoms with Crippen molar-refractivity contribution in [2.45, 2.75) is 37.8 Å². The zero-order chi connectivity index (χ0) is 23.7. The summed E-state index contributed by atoms with van der Waals surface area (Å²) in [6, 6.07) is 0.371. The van der Waals surface area contributed by atoms with Crippen molar-refractivity contribution in [2.24, 2.45) is 5.73 Å². The van der Waals surface area contributed by atoms with Crippen LogP contribution in [0.1, 0.15) is 36.7 Å². The number of amides is 1. The van der Waals surface area contributed by atoms with E-state index >= 15 is 0 Å². The van der Waals surface area contributed by atoms with Crippen LogP contribution in [0.15, 0.2) is 28.9 Å². The molecule has 1 unspecified atom stereocenters. The first-order valence-corrected chi connectivity index (χ1v) is 10.1. The van der Waals surface area contributed by atoms with E-state index in [1.807, 2.05) is 0 Å². The van der Waals surface area contributed by atoms with E-state index in [2.05, 4.69) is 15.1 Å². The highest BCUT2D eigenvalue weighted by molar-refractivity contribution is 5.77. The van der Waals surface area contributed by atoms with Crippen molar-refractivity contribution in [3.63, 3.8) is 0 Å². The number of hydrogen-bond donors (Lipinski definition) is 1. The van der Waals surface area contributed by atoms with Crippen LogP contribution in [0.4, 0.5) is 22.0 Å². The van der Waals surface area contributed by atoms with Crippen molar-refractivity contribution >= 4 is 5.91 Å². The standard InChI is InChI=1S/C21H18F5N5O2/c22-11-6-16(26)19(28-9-11)21-29-20(30-33-21)17-2-1-3-31(17)18(32)7-12(27)4-10-5-14(24)15(25)8-13(10)23/h5-6,8-9,12,17H,1-4,7,27H2/t12?,17-/m0/s1. The summed E-state index contributed by atoms with van der Waals surface area (Å²) in [5, 5.41) is 3.81. The van der Waals surface area contributed by atoms with E-state index in [9.17, 15) is 26.7 Å². The van der Waals surface area contributed by atoms with E-state index in [0.717, 1.165) is 12.3 Å². The number of carbonyl (C=O) groups excluding carboxylic acids is 1. The summed E-state index contributed by atoms with van der Waals surface area (Å²) in [6.07, 6.45) is 1.60. The third-order valence-corrected chi connectivity index (χ3v) is 5.33. The van der Waals surface area contributed by atoms with Crippen LogP contribution in [-0.2, 0) is 11.2 Å². The molecule has 1 aliphatic rings. The van der Waals surface area contributed by atoms with Crippen LogP contribution >= 0.6 is 0 Å². The molecule has 2 atom stereocenters. The molecule has 0 spiro atoms. The van der Waals surface area contributed by atoms with E-state index < -0.39 is 41.2 Å². The van der Waals surface area contributed by atoms with Gasteiger partial charge >= 0.3 is 0 Å². The van der Waals surface area contributed by atoms with Crippen molar-refractivity contribution in [3.05, 3.63) is 64.9 Å². The summed E-state index contributed by atoms with van der Waals surface area (Å²) in [7, 11) is 0. The monoisotopic (exact) mass is 467 g/mol. The fraction of sp³-hybridized carbons (Fsp3) is 0.333. The number of rotatable bonds is 6. The van der Waals surface area contributed by atoms with Crippen LogP contribution in [0.2, 0.25) is 0 Å². The van der Waals surface area contributed by atoms with Gasteiger partial charge in [0.1, 0.15) is 11.6 Å². The predicted octanol–water partition coefficient (Wildman–Crippen LogP) is 3.45. The molecule has 1 fully saturated rings. The summed E-state index contributed by atoms with van der Waals surface area (Å²) in [4.78, 5) is 22.0. The largest absolute Gasteiger partial charge is 0.332 e. The van der Waals surface area contributed by atoms with Gasteiger partial charge < -0.3 is 15.2 Å². The van der Waals surface area contributed by atoms with Gasteiger partial charge in [-0.05, 0) is 30.9 Å². The molecule has 3 heterocycles. The zero-order valence-corrected chi connectivity index (χ0v) is 17.1. The maximum Gasteiger partial charge on any atom is 0.279 e. The molecule has 7 nitrogen and oxygen atoms in total. The topological polar surface area (TPSA) is 98.1 Å². The second-order valence-electron chi connectivity index (χ2n) is 7.71. The minimum atomic E-state index is -1.31. The third kappa shape index (κ3) is 4.85. The van der Waals surface area contributed by atoms with Gasteiger partial charge in [-0.1, -0.05) is 5.16 Å². The van der Waals surface area contributed by atoms with Gasteiger partial charge in [-0.25, -0.2) is 26.9 Å². The first-order valence-electron chi connectivity index (χ1n) is 10.1. The maximum absolute atomic E-state index is 13.9. The molecular formula is C21H18F5N5O2. The van der Waals surface area contributed by atoms with Crippen LogP contribution < -0.4 is 5.73 Å². The molecule has 3 aromatic rings. The Morgan fingerprint density at radius 2 is 1.88 bits per heavy atom. The summed E-state index contributed by atoms with van der Waals surface area (Å²) in [5.74, 6) is -5.79. The van der Waals surface area contributed by atoms with Gasteiger partial charge in [-0.15, -0.1) is 0 Å². The second-order valence-corrected chi connectivity index (χ2v) is 7.71. The first-order chi connectivity index (χ1) is 15.7. The Bertz CT molecular complexity index is 1190. The number of carbonyl (C=O) groups is 1. The molecule has 2 N–H and O–H groups in total. The summed E-state index contributed by atoms with van der Waals surface area (Å²) < 4.78 is 72.4. The molecule has 33 heavy (non-hydrogen) atoms. The number of pyridine rings is 1. The molecule has 0 aliphatic carbocycles. The number of nitrogens with zero attached hydrogens (tertiary/aromatic N) is 4. The number of hydrogen-bond acceptors (Lipinski definition) is 6. The molecule has 1 saturated heterocycles. The van der Waals surface area contributed by atoms with Crippen LogP contribution in [0, 0.1) is 29.1 Å². The summed E-state index contributed by atoms with van der Waals surface area (Å²) >= 11 is 0. The average molecular weight is 467 g/mol. The lowest BCUT2D eigenvalue weighted by molar-refractivity contribution is -0.132. The highest BCUT2D eigenvalue weighted by atomic mass is 19.2. The molecule has 0 saturated carbocycles. The number of halogens is 5. The van der Waals surface area contributed by atoms with Gasteiger partial charge in [-0.3, -0.25) is 4.79 Å². The van der Waals surface area contributed by atoms with Gasteiger partial charge in [0.25, 0.3) is 5.89 Å². The molecule has 2 aromatic heterocycles. The quantitative estimate of drug-likeness (QED) is 0.441. The summed E-state index contributed by atoms with van der Waals surface area (Å²) in [5.41, 5.74) is 5.51. The molecule has 1 aliphatic heterocycles. The maximum atomic E-state index is 13.9. The van der Waals surface area contributed by atoms with Crippen LogP contribution in [-0.4, -0.2) is 38.5 Å². The lowest BCUT2D eigenvalue weighted by Gasteiger charge is -2.24. The first kappa shape index (κ1) is 22.8. The van der Waals surface area contributed by atoms with E-state index in [1.54, 1.807) is 0 Å². The molecule has 0 radical (unpaired) electrons. The van der Waals surface area contributed by atoms with Crippen LogP contribution in [0.25, 0.3) is 11.6 Å². The Morgan fingerprint density at radius 1 is 1.12 bits per heavy atom. The molecule has 0 bridgehead atoms. The molecule has 4 rings (SSSR count). The van der Waals surface area contributed by atoms with Gasteiger partial charge in [0.2, 0.25) is 5.91 Å². The lowest BCUT2D eigenvalue weighted by atomic mass is 10.0. The fourth-order valence-electron chi connectivity index (χ4n) is 3.79. The van der Waals surface area contributed by atoms with Gasteiger partial charge in [-0.2, -0.15) is 4.98 Å².